The predicted octanol–water partition coefficient (Wildman–Crippen LogP) is 4.79. The standard InChI is InChI=1S/C25H24F3N3O5S/c1-14(31-23(33)20-21(32)18(35-3)11-12-29-20)24(34)36-15(2)22(16-7-5-4-6-8-16)37-19-10-9-17(13-30-19)25(26,27)28/h4-15,22,32H,1-3H3,(H,31,33)/t14-,15-,22-/m0/s1. The molecule has 0 aliphatic rings. The Morgan fingerprint density at radius 2 is 1.76 bits per heavy atom. The van der Waals surface area contributed by atoms with E-state index in [0.29, 0.717) is 5.03 Å². The van der Waals surface area contributed by atoms with Crippen LogP contribution in [0.2, 0.25) is 0 Å². The fourth-order valence-electron chi connectivity index (χ4n) is 3.26. The summed E-state index contributed by atoms with van der Waals surface area (Å²) in [5.74, 6) is -1.99. The molecule has 0 spiro atoms. The van der Waals surface area contributed by atoms with Crippen molar-refractivity contribution in [2.24, 2.45) is 0 Å². The van der Waals surface area contributed by atoms with E-state index in [0.717, 1.165) is 29.6 Å². The van der Waals surface area contributed by atoms with Gasteiger partial charge in [-0.05, 0) is 31.5 Å². The van der Waals surface area contributed by atoms with E-state index in [-0.39, 0.29) is 11.4 Å². The van der Waals surface area contributed by atoms with Crippen molar-refractivity contribution in [2.45, 2.75) is 42.4 Å². The van der Waals surface area contributed by atoms with Crippen LogP contribution < -0.4 is 10.1 Å². The number of rotatable bonds is 9. The average molecular weight is 536 g/mol. The first-order valence-corrected chi connectivity index (χ1v) is 11.9. The topological polar surface area (TPSA) is 111 Å². The number of hydrogen-bond acceptors (Lipinski definition) is 8. The summed E-state index contributed by atoms with van der Waals surface area (Å²) in [6.45, 7) is 3.04. The Balaban J connectivity index is 1.72. The van der Waals surface area contributed by atoms with Gasteiger partial charge in [0.25, 0.3) is 5.91 Å². The van der Waals surface area contributed by atoms with Crippen LogP contribution in [0.15, 0.2) is 66.0 Å². The van der Waals surface area contributed by atoms with E-state index >= 15 is 0 Å². The number of carbonyl (C=O) groups is 2. The highest BCUT2D eigenvalue weighted by molar-refractivity contribution is 7.99. The Bertz CT molecular complexity index is 1230. The van der Waals surface area contributed by atoms with Gasteiger partial charge in [0.05, 0.1) is 22.9 Å². The number of benzene rings is 1. The summed E-state index contributed by atoms with van der Waals surface area (Å²) in [4.78, 5) is 33.0. The Morgan fingerprint density at radius 1 is 1.05 bits per heavy atom. The zero-order valence-electron chi connectivity index (χ0n) is 20.0. The number of hydrogen-bond donors (Lipinski definition) is 2. The summed E-state index contributed by atoms with van der Waals surface area (Å²) in [5.41, 5.74) is -0.427. The van der Waals surface area contributed by atoms with E-state index in [4.69, 9.17) is 9.47 Å². The summed E-state index contributed by atoms with van der Waals surface area (Å²) >= 11 is 1.14. The first-order valence-electron chi connectivity index (χ1n) is 11.0. The second-order valence-electron chi connectivity index (χ2n) is 7.88. The molecule has 0 bridgehead atoms. The van der Waals surface area contributed by atoms with Crippen molar-refractivity contribution in [2.75, 3.05) is 7.11 Å². The lowest BCUT2D eigenvalue weighted by Gasteiger charge is -2.25. The van der Waals surface area contributed by atoms with Gasteiger partial charge in [0.15, 0.2) is 17.2 Å². The number of carbonyl (C=O) groups excluding carboxylic acids is 2. The minimum atomic E-state index is -4.50. The number of thioether (sulfide) groups is 1. The van der Waals surface area contributed by atoms with Crippen LogP contribution in [0.4, 0.5) is 13.2 Å². The Morgan fingerprint density at radius 3 is 2.35 bits per heavy atom. The Kier molecular flexibility index (Phi) is 8.98. The third kappa shape index (κ3) is 7.13. The molecular formula is C25H24F3N3O5S. The number of aromatic hydroxyl groups is 1. The van der Waals surface area contributed by atoms with Gasteiger partial charge in [-0.3, -0.25) is 4.79 Å². The highest BCUT2D eigenvalue weighted by Crippen LogP contribution is 2.39. The van der Waals surface area contributed by atoms with Crippen molar-refractivity contribution < 1.29 is 37.3 Å². The molecule has 0 unspecified atom stereocenters. The fourth-order valence-corrected chi connectivity index (χ4v) is 4.32. The monoisotopic (exact) mass is 535 g/mol. The number of methoxy groups -OCH3 is 1. The lowest BCUT2D eigenvalue weighted by molar-refractivity contribution is -0.150. The first kappa shape index (κ1) is 27.8. The molecule has 196 valence electrons. The third-order valence-corrected chi connectivity index (χ3v) is 6.58. The van der Waals surface area contributed by atoms with Crippen molar-refractivity contribution in [1.29, 1.82) is 0 Å². The van der Waals surface area contributed by atoms with Gasteiger partial charge < -0.3 is 19.9 Å². The van der Waals surface area contributed by atoms with Crippen LogP contribution in [0.5, 0.6) is 11.5 Å². The van der Waals surface area contributed by atoms with Crippen molar-refractivity contribution >= 4 is 23.6 Å². The van der Waals surface area contributed by atoms with Gasteiger partial charge in [-0.25, -0.2) is 14.8 Å². The molecule has 0 saturated heterocycles. The number of nitrogens with zero attached hydrogens (tertiary/aromatic N) is 2. The van der Waals surface area contributed by atoms with E-state index in [2.05, 4.69) is 15.3 Å². The molecule has 12 heteroatoms. The van der Waals surface area contributed by atoms with E-state index in [1.807, 2.05) is 0 Å². The maximum atomic E-state index is 12.9. The highest BCUT2D eigenvalue weighted by atomic mass is 32.2. The maximum Gasteiger partial charge on any atom is 0.417 e. The smallest absolute Gasteiger partial charge is 0.417 e. The molecule has 0 fully saturated rings. The SMILES string of the molecule is COc1ccnc(C(=O)N[C@@H](C)C(=O)O[C@@H](C)[C@H](Sc2ccc(C(F)(F)F)cn2)c2ccccc2)c1O. The number of halogens is 3. The number of aromatic nitrogens is 2. The molecule has 0 saturated carbocycles. The second-order valence-corrected chi connectivity index (χ2v) is 9.04. The lowest BCUT2D eigenvalue weighted by atomic mass is 10.1. The molecular weight excluding hydrogens is 511 g/mol. The number of nitrogens with one attached hydrogen (secondary N) is 1. The molecule has 37 heavy (non-hydrogen) atoms. The molecule has 3 aromatic rings. The quantitative estimate of drug-likeness (QED) is 0.297. The van der Waals surface area contributed by atoms with Crippen molar-refractivity contribution in [1.82, 2.24) is 15.3 Å². The maximum absolute atomic E-state index is 12.9. The molecule has 3 rings (SSSR count). The molecule has 0 radical (unpaired) electrons. The van der Waals surface area contributed by atoms with E-state index in [1.165, 1.54) is 32.4 Å². The minimum Gasteiger partial charge on any atom is -0.503 e. The summed E-state index contributed by atoms with van der Waals surface area (Å²) in [7, 11) is 1.32. The van der Waals surface area contributed by atoms with Gasteiger partial charge in [0.2, 0.25) is 0 Å². The van der Waals surface area contributed by atoms with Crippen molar-refractivity contribution in [3.63, 3.8) is 0 Å². The van der Waals surface area contributed by atoms with E-state index < -0.39 is 46.8 Å². The van der Waals surface area contributed by atoms with Gasteiger partial charge in [0.1, 0.15) is 12.1 Å². The largest absolute Gasteiger partial charge is 0.503 e. The molecule has 8 nitrogen and oxygen atoms in total. The van der Waals surface area contributed by atoms with Crippen LogP contribution in [0.1, 0.15) is 40.7 Å². The van der Waals surface area contributed by atoms with E-state index in [1.54, 1.807) is 37.3 Å². The van der Waals surface area contributed by atoms with Crippen LogP contribution in [-0.4, -0.2) is 46.2 Å². The van der Waals surface area contributed by atoms with Gasteiger partial charge in [-0.1, -0.05) is 42.1 Å². The molecule has 3 atom stereocenters. The van der Waals surface area contributed by atoms with E-state index in [9.17, 15) is 27.9 Å². The molecule has 1 aromatic carbocycles. The van der Waals surface area contributed by atoms with Gasteiger partial charge in [-0.2, -0.15) is 13.2 Å². The van der Waals surface area contributed by atoms with Gasteiger partial charge in [-0.15, -0.1) is 0 Å². The molecule has 2 aromatic heterocycles. The summed E-state index contributed by atoms with van der Waals surface area (Å²) < 4.78 is 49.2. The van der Waals surface area contributed by atoms with Gasteiger partial charge in [0, 0.05) is 18.5 Å². The third-order valence-electron chi connectivity index (χ3n) is 5.19. The predicted molar refractivity (Wildman–Crippen MR) is 129 cm³/mol. The van der Waals surface area contributed by atoms with Crippen LogP contribution in [0.25, 0.3) is 0 Å². The molecule has 2 heterocycles. The highest BCUT2D eigenvalue weighted by Gasteiger charge is 2.32. The van der Waals surface area contributed by atoms with Crippen molar-refractivity contribution in [3.8, 4) is 11.5 Å². The summed E-state index contributed by atoms with van der Waals surface area (Å²) in [6, 6.07) is 11.4. The lowest BCUT2D eigenvalue weighted by Crippen LogP contribution is -2.41. The first-order chi connectivity index (χ1) is 17.5. The molecule has 0 aliphatic heterocycles. The van der Waals surface area contributed by atoms with Crippen LogP contribution in [-0.2, 0) is 15.7 Å². The molecule has 2 N–H and O–H groups in total. The minimum absolute atomic E-state index is 0.0450. The zero-order valence-corrected chi connectivity index (χ0v) is 20.8. The normalized spacial score (nSPS) is 13.8. The summed E-state index contributed by atoms with van der Waals surface area (Å²) in [6.07, 6.45) is -3.24. The average Bonchev–Trinajstić information content (AvgIpc) is 2.87. The van der Waals surface area contributed by atoms with Crippen molar-refractivity contribution in [3.05, 3.63) is 77.7 Å². The number of amides is 1. The number of esters is 1. The Hall–Kier alpha value is -3.80. The van der Waals surface area contributed by atoms with Crippen LogP contribution >= 0.6 is 11.8 Å². The zero-order chi connectivity index (χ0) is 27.2. The number of pyridine rings is 2. The van der Waals surface area contributed by atoms with Crippen LogP contribution in [0.3, 0.4) is 0 Å². The van der Waals surface area contributed by atoms with Crippen LogP contribution in [0, 0.1) is 0 Å². The summed E-state index contributed by atoms with van der Waals surface area (Å²) in [5, 5.41) is 12.3. The molecule has 1 amide bonds. The number of alkyl halides is 3. The fraction of sp³-hybridized carbons (Fsp3) is 0.280. The molecule has 0 aliphatic carbocycles. The second kappa shape index (κ2) is 12.0. The number of ether oxygens (including phenoxy) is 2. The Labute approximate surface area is 215 Å². The van der Waals surface area contributed by atoms with Gasteiger partial charge >= 0.3 is 12.1 Å².